The Morgan fingerprint density at radius 1 is 1.31 bits per heavy atom. The smallest absolute Gasteiger partial charge is 0.269 e. The zero-order valence-corrected chi connectivity index (χ0v) is 8.82. The molecule has 0 atom stereocenters. The Morgan fingerprint density at radius 3 is 2.69 bits per heavy atom. The average Bonchev–Trinajstić information content (AvgIpc) is 2.35. The van der Waals surface area contributed by atoms with Crippen LogP contribution in [0.15, 0.2) is 27.9 Å². The largest absolute Gasteiger partial charge is 0.350 e. The van der Waals surface area contributed by atoms with Gasteiger partial charge in [0, 0.05) is 24.0 Å². The van der Waals surface area contributed by atoms with Gasteiger partial charge in [0.15, 0.2) is 0 Å². The maximum absolute atomic E-state index is 13.3. The lowest BCUT2D eigenvalue weighted by Gasteiger charge is -1.97. The molecule has 0 fully saturated rings. The number of aromatic nitrogens is 2. The number of halogens is 1. The van der Waals surface area contributed by atoms with Crippen molar-refractivity contribution in [1.82, 2.24) is 9.55 Å². The molecule has 0 bridgehead atoms. The van der Waals surface area contributed by atoms with Crippen LogP contribution in [0.1, 0.15) is 5.56 Å². The van der Waals surface area contributed by atoms with Gasteiger partial charge in [0.25, 0.3) is 5.56 Å². The fraction of sp³-hybridized carbons (Fsp3) is 0.182. The lowest BCUT2D eigenvalue weighted by Crippen LogP contribution is -2.28. The first kappa shape index (κ1) is 10.5. The summed E-state index contributed by atoms with van der Waals surface area (Å²) in [6.07, 6.45) is 1.21. The van der Waals surface area contributed by atoms with Crippen LogP contribution in [0.4, 0.5) is 4.39 Å². The van der Waals surface area contributed by atoms with E-state index in [-0.39, 0.29) is 5.39 Å². The Hall–Kier alpha value is -2.04. The van der Waals surface area contributed by atoms with E-state index in [1.165, 1.54) is 25.4 Å². The summed E-state index contributed by atoms with van der Waals surface area (Å²) in [5, 5.41) is 0.613. The summed E-state index contributed by atoms with van der Waals surface area (Å²) in [5.41, 5.74) is -0.761. The van der Waals surface area contributed by atoms with E-state index in [9.17, 15) is 14.0 Å². The number of nitrogens with zero attached hydrogens (tertiary/aromatic N) is 2. The van der Waals surface area contributed by atoms with Crippen molar-refractivity contribution in [3.8, 4) is 0 Å². The summed E-state index contributed by atoms with van der Waals surface area (Å²) in [4.78, 5) is 26.6. The van der Waals surface area contributed by atoms with E-state index in [0.717, 1.165) is 4.57 Å². The topological polar surface area (TPSA) is 52.0 Å². The second kappa shape index (κ2) is 3.52. The Bertz CT molecular complexity index is 692. The summed E-state index contributed by atoms with van der Waals surface area (Å²) in [6.45, 7) is 1.56. The highest BCUT2D eigenvalue weighted by Crippen LogP contribution is 2.13. The molecule has 0 amide bonds. The minimum Gasteiger partial charge on any atom is -0.269 e. The third-order valence-electron chi connectivity index (χ3n) is 2.47. The zero-order valence-electron chi connectivity index (χ0n) is 8.82. The molecule has 0 N–H and O–H groups in total. The molecule has 0 saturated heterocycles. The van der Waals surface area contributed by atoms with Crippen molar-refractivity contribution >= 4 is 10.8 Å². The van der Waals surface area contributed by atoms with Gasteiger partial charge in [0.2, 0.25) is 0 Å². The highest BCUT2D eigenvalue weighted by molar-refractivity contribution is 5.81. The van der Waals surface area contributed by atoms with Crippen molar-refractivity contribution in [1.29, 1.82) is 0 Å². The average molecular weight is 220 g/mol. The molecule has 0 spiro atoms. The van der Waals surface area contributed by atoms with Gasteiger partial charge in [-0.25, -0.2) is 14.2 Å². The van der Waals surface area contributed by atoms with Gasteiger partial charge >= 0.3 is 5.69 Å². The van der Waals surface area contributed by atoms with E-state index >= 15 is 0 Å². The predicted molar refractivity (Wildman–Crippen MR) is 57.9 cm³/mol. The zero-order chi connectivity index (χ0) is 11.9. The molecular formula is C11H9FN2O2. The molecule has 5 heteroatoms. The number of benzene rings is 1. The maximum Gasteiger partial charge on any atom is 0.350 e. The first-order valence-corrected chi connectivity index (χ1v) is 4.67. The molecule has 0 aliphatic rings. The second-order valence-corrected chi connectivity index (χ2v) is 3.59. The first-order valence-electron chi connectivity index (χ1n) is 4.67. The molecule has 82 valence electrons. The van der Waals surface area contributed by atoms with Crippen LogP contribution in [-0.4, -0.2) is 9.55 Å². The van der Waals surface area contributed by atoms with E-state index in [1.54, 1.807) is 6.92 Å². The lowest BCUT2D eigenvalue weighted by molar-refractivity contribution is 0.620. The quantitative estimate of drug-likeness (QED) is 0.658. The maximum atomic E-state index is 13.3. The van der Waals surface area contributed by atoms with Crippen molar-refractivity contribution < 1.29 is 4.39 Å². The Balaban J connectivity index is 3.12. The number of rotatable bonds is 0. The second-order valence-electron chi connectivity index (χ2n) is 3.59. The Kier molecular flexibility index (Phi) is 2.30. The summed E-state index contributed by atoms with van der Waals surface area (Å²) < 4.78 is 14.2. The van der Waals surface area contributed by atoms with Crippen LogP contribution < -0.4 is 11.2 Å². The number of hydrogen-bond acceptors (Lipinski definition) is 3. The van der Waals surface area contributed by atoms with E-state index in [0.29, 0.717) is 10.9 Å². The normalized spacial score (nSPS) is 10.7. The van der Waals surface area contributed by atoms with Gasteiger partial charge in [-0.2, -0.15) is 0 Å². The molecule has 1 heterocycles. The third-order valence-corrected chi connectivity index (χ3v) is 2.47. The van der Waals surface area contributed by atoms with Gasteiger partial charge in [0.1, 0.15) is 5.82 Å². The van der Waals surface area contributed by atoms with E-state index in [2.05, 4.69) is 4.98 Å². The van der Waals surface area contributed by atoms with Gasteiger partial charge in [0.05, 0.1) is 0 Å². The van der Waals surface area contributed by atoms with Crippen molar-refractivity contribution in [2.45, 2.75) is 6.92 Å². The molecule has 16 heavy (non-hydrogen) atoms. The number of hydrogen-bond donors (Lipinski definition) is 0. The van der Waals surface area contributed by atoms with Crippen LogP contribution in [0.25, 0.3) is 10.8 Å². The van der Waals surface area contributed by atoms with Gasteiger partial charge in [-0.3, -0.25) is 9.36 Å². The molecule has 2 aromatic rings. The summed E-state index contributed by atoms with van der Waals surface area (Å²) in [7, 11) is 1.34. The number of fused-ring (bicyclic) bond motifs is 1. The molecule has 0 radical (unpaired) electrons. The van der Waals surface area contributed by atoms with Crippen molar-refractivity contribution in [3.63, 3.8) is 0 Å². The fourth-order valence-electron chi connectivity index (χ4n) is 1.47. The van der Waals surface area contributed by atoms with Crippen molar-refractivity contribution in [3.05, 3.63) is 50.5 Å². The van der Waals surface area contributed by atoms with Crippen LogP contribution in [0.5, 0.6) is 0 Å². The monoisotopic (exact) mass is 220 g/mol. The fourth-order valence-corrected chi connectivity index (χ4v) is 1.47. The number of aryl methyl sites for hydroxylation is 1. The summed E-state index contributed by atoms with van der Waals surface area (Å²) in [5.74, 6) is -0.421. The van der Waals surface area contributed by atoms with E-state index < -0.39 is 17.1 Å². The molecule has 0 saturated carbocycles. The molecule has 1 aromatic carbocycles. The summed E-state index contributed by atoms with van der Waals surface area (Å²) in [6, 6.07) is 2.63. The molecular weight excluding hydrogens is 211 g/mol. The standard InChI is InChI=1S/C11H9FN2O2/c1-6-3-8-7(4-9(6)12)5-13-11(16)14(2)10(8)15/h3-5H,1-2H3. The minimum atomic E-state index is -0.653. The molecule has 0 aliphatic carbocycles. The molecule has 0 unspecified atom stereocenters. The van der Waals surface area contributed by atoms with Crippen molar-refractivity contribution in [2.24, 2.45) is 7.05 Å². The predicted octanol–water partition coefficient (Wildman–Crippen LogP) is 0.741. The van der Waals surface area contributed by atoms with Gasteiger partial charge in [-0.05, 0) is 24.6 Å². The Labute approximate surface area is 90.0 Å². The SMILES string of the molecule is Cc1cc2c(=O)n(C)c(=O)ncc2cc1F. The van der Waals surface area contributed by atoms with Crippen LogP contribution in [0, 0.1) is 12.7 Å². The molecule has 2 rings (SSSR count). The molecule has 0 aliphatic heterocycles. The molecule has 4 nitrogen and oxygen atoms in total. The van der Waals surface area contributed by atoms with Crippen LogP contribution in [-0.2, 0) is 7.05 Å². The Morgan fingerprint density at radius 2 is 2.00 bits per heavy atom. The van der Waals surface area contributed by atoms with Crippen LogP contribution in [0.3, 0.4) is 0 Å². The minimum absolute atomic E-state index is 0.288. The van der Waals surface area contributed by atoms with Gasteiger partial charge in [-0.1, -0.05) is 0 Å². The van der Waals surface area contributed by atoms with Crippen LogP contribution >= 0.6 is 0 Å². The van der Waals surface area contributed by atoms with E-state index in [1.807, 2.05) is 0 Å². The highest BCUT2D eigenvalue weighted by atomic mass is 19.1. The van der Waals surface area contributed by atoms with Crippen LogP contribution in [0.2, 0.25) is 0 Å². The lowest BCUT2D eigenvalue weighted by atomic mass is 10.1. The molecule has 1 aromatic heterocycles. The van der Waals surface area contributed by atoms with Crippen molar-refractivity contribution in [2.75, 3.05) is 0 Å². The first-order chi connectivity index (χ1) is 7.50. The van der Waals surface area contributed by atoms with Gasteiger partial charge in [-0.15, -0.1) is 0 Å². The summed E-state index contributed by atoms with van der Waals surface area (Å²) >= 11 is 0. The van der Waals surface area contributed by atoms with Gasteiger partial charge < -0.3 is 0 Å². The highest BCUT2D eigenvalue weighted by Gasteiger charge is 2.05. The van der Waals surface area contributed by atoms with E-state index in [4.69, 9.17) is 0 Å². The third kappa shape index (κ3) is 1.50.